The molecule has 120 valence electrons. The lowest BCUT2D eigenvalue weighted by Gasteiger charge is -2.05. The van der Waals surface area contributed by atoms with Gasteiger partial charge in [0.15, 0.2) is 0 Å². The van der Waals surface area contributed by atoms with E-state index in [9.17, 15) is 18.7 Å². The van der Waals surface area contributed by atoms with Crippen molar-refractivity contribution in [3.8, 4) is 5.75 Å². The lowest BCUT2D eigenvalue weighted by molar-refractivity contribution is 0.102. The molecule has 4 aromatic rings. The Labute approximate surface area is 134 Å². The normalized spacial score (nSPS) is 11.2. The zero-order valence-corrected chi connectivity index (χ0v) is 12.2. The van der Waals surface area contributed by atoms with Crippen molar-refractivity contribution in [1.29, 1.82) is 0 Å². The molecule has 4 rings (SSSR count). The van der Waals surface area contributed by atoms with Crippen LogP contribution in [0.25, 0.3) is 16.7 Å². The van der Waals surface area contributed by atoms with Crippen LogP contribution in [0.3, 0.4) is 0 Å². The molecule has 3 N–H and O–H groups in total. The predicted octanol–water partition coefficient (Wildman–Crippen LogP) is 3.66. The number of halogens is 2. The first-order valence-corrected chi connectivity index (χ1v) is 7.12. The molecule has 0 bridgehead atoms. The molecule has 0 saturated heterocycles. The predicted molar refractivity (Wildman–Crippen MR) is 85.2 cm³/mol. The van der Waals surface area contributed by atoms with Gasteiger partial charge in [-0.2, -0.15) is 0 Å². The maximum atomic E-state index is 13.7. The number of carbonyl (C=O) groups excluding carboxylic acids is 1. The summed E-state index contributed by atoms with van der Waals surface area (Å²) in [5.41, 5.74) is 1.77. The maximum absolute atomic E-state index is 13.7. The van der Waals surface area contributed by atoms with Crippen LogP contribution in [-0.4, -0.2) is 20.4 Å². The Kier molecular flexibility index (Phi) is 3.02. The highest BCUT2D eigenvalue weighted by molar-refractivity contribution is 6.11. The van der Waals surface area contributed by atoms with Gasteiger partial charge in [-0.05, 0) is 24.3 Å². The molecule has 2 aromatic carbocycles. The van der Waals surface area contributed by atoms with Crippen LogP contribution in [0, 0.1) is 11.6 Å². The molecule has 24 heavy (non-hydrogen) atoms. The summed E-state index contributed by atoms with van der Waals surface area (Å²) in [6, 6.07) is 10.2. The van der Waals surface area contributed by atoms with Gasteiger partial charge in [0.2, 0.25) is 0 Å². The zero-order chi connectivity index (χ0) is 16.8. The Morgan fingerprint density at radius 1 is 1.17 bits per heavy atom. The number of imidazole rings is 1. The molecule has 0 atom stereocenters. The lowest BCUT2D eigenvalue weighted by Crippen LogP contribution is -2.13. The number of aromatic amines is 1. The maximum Gasteiger partial charge on any atom is 0.263 e. The molecule has 0 saturated carbocycles. The highest BCUT2D eigenvalue weighted by Crippen LogP contribution is 2.29. The van der Waals surface area contributed by atoms with Gasteiger partial charge < -0.3 is 15.4 Å². The van der Waals surface area contributed by atoms with Gasteiger partial charge in [-0.15, -0.1) is 0 Å². The van der Waals surface area contributed by atoms with Gasteiger partial charge in [-0.3, -0.25) is 9.20 Å². The van der Waals surface area contributed by atoms with Crippen molar-refractivity contribution in [1.82, 2.24) is 9.38 Å². The average molecular weight is 327 g/mol. The van der Waals surface area contributed by atoms with Crippen LogP contribution in [0.4, 0.5) is 14.5 Å². The Morgan fingerprint density at radius 2 is 1.96 bits per heavy atom. The second-order valence-corrected chi connectivity index (χ2v) is 5.33. The van der Waals surface area contributed by atoms with Crippen molar-refractivity contribution in [3.05, 3.63) is 65.9 Å². The van der Waals surface area contributed by atoms with Crippen LogP contribution >= 0.6 is 0 Å². The van der Waals surface area contributed by atoms with E-state index in [4.69, 9.17) is 0 Å². The van der Waals surface area contributed by atoms with E-state index in [-0.39, 0.29) is 17.0 Å². The second kappa shape index (κ2) is 5.09. The molecule has 0 aliphatic rings. The van der Waals surface area contributed by atoms with E-state index >= 15 is 0 Å². The summed E-state index contributed by atoms with van der Waals surface area (Å²) in [4.78, 5) is 15.5. The molecule has 0 unspecified atom stereocenters. The topological polar surface area (TPSA) is 69.5 Å². The Bertz CT molecular complexity index is 1100. The number of H-pyrrole nitrogens is 1. The third-order valence-electron chi connectivity index (χ3n) is 3.81. The third kappa shape index (κ3) is 2.10. The van der Waals surface area contributed by atoms with Gasteiger partial charge >= 0.3 is 0 Å². The molecular formula is C17H11F2N3O2. The van der Waals surface area contributed by atoms with E-state index in [2.05, 4.69) is 10.3 Å². The summed E-state index contributed by atoms with van der Waals surface area (Å²) in [6.45, 7) is 0. The van der Waals surface area contributed by atoms with Crippen molar-refractivity contribution >= 4 is 28.3 Å². The molecule has 7 heteroatoms. The Morgan fingerprint density at radius 3 is 2.75 bits per heavy atom. The number of hydrogen-bond donors (Lipinski definition) is 3. The number of para-hydroxylation sites is 2. The number of rotatable bonds is 2. The van der Waals surface area contributed by atoms with Crippen molar-refractivity contribution < 1.29 is 18.7 Å². The van der Waals surface area contributed by atoms with Crippen molar-refractivity contribution in [2.24, 2.45) is 0 Å². The number of nitrogens with one attached hydrogen (secondary N) is 2. The van der Waals surface area contributed by atoms with Crippen LogP contribution in [0.2, 0.25) is 0 Å². The first-order chi connectivity index (χ1) is 11.5. The number of amides is 1. The first kappa shape index (κ1) is 14.3. The lowest BCUT2D eigenvalue weighted by atomic mass is 10.2. The number of benzene rings is 2. The molecule has 2 aromatic heterocycles. The number of aromatic nitrogens is 2. The van der Waals surface area contributed by atoms with E-state index in [1.54, 1.807) is 4.40 Å². The number of fused-ring (bicyclic) bond motifs is 3. The van der Waals surface area contributed by atoms with E-state index < -0.39 is 17.5 Å². The van der Waals surface area contributed by atoms with Crippen LogP contribution in [0.5, 0.6) is 5.75 Å². The molecule has 0 radical (unpaired) electrons. The molecule has 5 nitrogen and oxygen atoms in total. The minimum Gasteiger partial charge on any atom is -0.505 e. The summed E-state index contributed by atoms with van der Waals surface area (Å²) in [5, 5.41) is 12.4. The number of anilines is 1. The minimum absolute atomic E-state index is 0.0186. The minimum atomic E-state index is -0.894. The van der Waals surface area contributed by atoms with Crippen LogP contribution < -0.4 is 5.32 Å². The van der Waals surface area contributed by atoms with Gasteiger partial charge in [0.25, 0.3) is 5.91 Å². The van der Waals surface area contributed by atoms with Crippen LogP contribution in [-0.2, 0) is 0 Å². The van der Waals surface area contributed by atoms with Crippen LogP contribution in [0.15, 0.2) is 48.7 Å². The molecule has 0 fully saturated rings. The quantitative estimate of drug-likeness (QED) is 0.526. The smallest absolute Gasteiger partial charge is 0.263 e. The van der Waals surface area contributed by atoms with Gasteiger partial charge in [0.1, 0.15) is 28.6 Å². The van der Waals surface area contributed by atoms with Gasteiger partial charge in [0.05, 0.1) is 22.9 Å². The first-order valence-electron chi connectivity index (χ1n) is 7.12. The molecule has 1 amide bonds. The number of nitrogens with zero attached hydrogens (tertiary/aromatic N) is 1. The number of hydrogen-bond acceptors (Lipinski definition) is 2. The summed E-state index contributed by atoms with van der Waals surface area (Å²) in [6.07, 6.45) is 1.41. The highest BCUT2D eigenvalue weighted by Gasteiger charge is 2.21. The van der Waals surface area contributed by atoms with Crippen molar-refractivity contribution in [2.75, 3.05) is 5.32 Å². The largest absolute Gasteiger partial charge is 0.505 e. The third-order valence-corrected chi connectivity index (χ3v) is 3.81. The second-order valence-electron chi connectivity index (χ2n) is 5.33. The van der Waals surface area contributed by atoms with E-state index in [0.717, 1.165) is 23.2 Å². The number of aromatic hydroxyl groups is 1. The number of carbonyl (C=O) groups is 1. The molecule has 0 aliphatic heterocycles. The van der Waals surface area contributed by atoms with Crippen molar-refractivity contribution in [3.63, 3.8) is 0 Å². The van der Waals surface area contributed by atoms with Gasteiger partial charge in [-0.25, -0.2) is 8.78 Å². The highest BCUT2D eigenvalue weighted by atomic mass is 19.1. The molecule has 2 heterocycles. The molecule has 0 spiro atoms. The standard InChI is InChI=1S/C17H11F2N3O2/c18-9-5-6-11(10(19)7-9)21-17(24)15-14(23)8-22-13-4-2-1-3-12(13)20-16(15)22/h1-8,20,23H,(H,21,24). The van der Waals surface area contributed by atoms with Crippen molar-refractivity contribution in [2.45, 2.75) is 0 Å². The summed E-state index contributed by atoms with van der Waals surface area (Å²) < 4.78 is 28.3. The average Bonchev–Trinajstić information content (AvgIpc) is 3.04. The molecular weight excluding hydrogens is 316 g/mol. The Balaban J connectivity index is 1.80. The summed E-state index contributed by atoms with van der Waals surface area (Å²) in [7, 11) is 0. The van der Waals surface area contributed by atoms with Gasteiger partial charge in [-0.1, -0.05) is 12.1 Å². The van der Waals surface area contributed by atoms with E-state index in [1.165, 1.54) is 6.20 Å². The fourth-order valence-electron chi connectivity index (χ4n) is 2.72. The molecule has 0 aliphatic carbocycles. The van der Waals surface area contributed by atoms with Crippen LogP contribution in [0.1, 0.15) is 10.4 Å². The fourth-order valence-corrected chi connectivity index (χ4v) is 2.72. The fraction of sp³-hybridized carbons (Fsp3) is 0. The van der Waals surface area contributed by atoms with E-state index in [0.29, 0.717) is 11.7 Å². The zero-order valence-electron chi connectivity index (χ0n) is 12.2. The SMILES string of the molecule is O=C(Nc1ccc(F)cc1F)c1c(O)cn2c1[nH]c1ccccc12. The monoisotopic (exact) mass is 327 g/mol. The summed E-state index contributed by atoms with van der Waals surface area (Å²) in [5.74, 6) is -2.58. The van der Waals surface area contributed by atoms with Gasteiger partial charge in [0, 0.05) is 6.07 Å². The summed E-state index contributed by atoms with van der Waals surface area (Å²) >= 11 is 0. The van der Waals surface area contributed by atoms with E-state index in [1.807, 2.05) is 24.3 Å². The Hall–Kier alpha value is -3.35.